The number of hydrogen-bond acceptors (Lipinski definition) is 1. The second-order valence-corrected chi connectivity index (χ2v) is 6.81. The van der Waals surface area contributed by atoms with Crippen molar-refractivity contribution >= 4 is 21.6 Å². The third kappa shape index (κ3) is 3.28. The largest absolute Gasteiger partial charge is 0.372 e. The molecule has 0 bridgehead atoms. The van der Waals surface area contributed by atoms with Gasteiger partial charge in [-0.15, -0.1) is 0 Å². The predicted octanol–water partition coefficient (Wildman–Crippen LogP) is 4.91. The molecular weight excluding hydrogens is 286 g/mol. The van der Waals surface area contributed by atoms with Gasteiger partial charge in [-0.1, -0.05) is 35.8 Å². The zero-order chi connectivity index (χ0) is 13.2. The molecule has 1 aliphatic heterocycles. The Labute approximate surface area is 120 Å². The summed E-state index contributed by atoms with van der Waals surface area (Å²) in [7, 11) is 0. The standard InChI is InChI=1S/C16H24BrN/c1-13-11-15(6-5-14(13)12-17)18-9-4-7-16(2,3)8-10-18/h5-6,11H,4,7-10,12H2,1-3H3. The lowest BCUT2D eigenvalue weighted by atomic mass is 9.85. The molecule has 1 nitrogen and oxygen atoms in total. The number of halogens is 1. The molecule has 0 amide bonds. The Bertz CT molecular complexity index is 412. The maximum absolute atomic E-state index is 3.54. The van der Waals surface area contributed by atoms with Crippen LogP contribution in [0.1, 0.15) is 44.2 Å². The van der Waals surface area contributed by atoms with Crippen LogP contribution in [-0.4, -0.2) is 13.1 Å². The molecular formula is C16H24BrN. The quantitative estimate of drug-likeness (QED) is 0.702. The molecule has 0 unspecified atom stereocenters. The molecule has 0 aliphatic carbocycles. The molecule has 1 fully saturated rings. The first-order valence-electron chi connectivity index (χ1n) is 6.92. The molecule has 0 spiro atoms. The van der Waals surface area contributed by atoms with Gasteiger partial charge in [-0.2, -0.15) is 0 Å². The zero-order valence-corrected chi connectivity index (χ0v) is 13.4. The molecule has 18 heavy (non-hydrogen) atoms. The van der Waals surface area contributed by atoms with E-state index in [1.165, 1.54) is 49.2 Å². The van der Waals surface area contributed by atoms with Gasteiger partial charge in [-0.05, 0) is 54.9 Å². The summed E-state index contributed by atoms with van der Waals surface area (Å²) in [6, 6.07) is 6.88. The Morgan fingerprint density at radius 1 is 1.22 bits per heavy atom. The Kier molecular flexibility index (Phi) is 4.37. The second kappa shape index (κ2) is 5.64. The van der Waals surface area contributed by atoms with E-state index in [0.717, 1.165) is 5.33 Å². The maximum Gasteiger partial charge on any atom is 0.0369 e. The highest BCUT2D eigenvalue weighted by atomic mass is 79.9. The van der Waals surface area contributed by atoms with Crippen molar-refractivity contribution in [2.75, 3.05) is 18.0 Å². The molecule has 1 aromatic carbocycles. The summed E-state index contributed by atoms with van der Waals surface area (Å²) in [5.41, 5.74) is 4.70. The molecule has 0 atom stereocenters. The molecule has 1 aliphatic rings. The number of rotatable bonds is 2. The van der Waals surface area contributed by atoms with E-state index in [2.05, 4.69) is 59.8 Å². The molecule has 1 aromatic rings. The lowest BCUT2D eigenvalue weighted by Crippen LogP contribution is -2.25. The molecule has 100 valence electrons. The van der Waals surface area contributed by atoms with Gasteiger partial charge in [-0.25, -0.2) is 0 Å². The summed E-state index contributed by atoms with van der Waals surface area (Å²) in [5.74, 6) is 0. The van der Waals surface area contributed by atoms with Gasteiger partial charge in [0.1, 0.15) is 0 Å². The van der Waals surface area contributed by atoms with Crippen molar-refractivity contribution in [1.29, 1.82) is 0 Å². The lowest BCUT2D eigenvalue weighted by Gasteiger charge is -2.25. The van der Waals surface area contributed by atoms with Gasteiger partial charge in [0.25, 0.3) is 0 Å². The number of benzene rings is 1. The van der Waals surface area contributed by atoms with Gasteiger partial charge >= 0.3 is 0 Å². The summed E-state index contributed by atoms with van der Waals surface area (Å²) < 4.78 is 0. The number of nitrogens with zero attached hydrogens (tertiary/aromatic N) is 1. The van der Waals surface area contributed by atoms with E-state index in [0.29, 0.717) is 5.41 Å². The van der Waals surface area contributed by atoms with Crippen molar-refractivity contribution in [3.05, 3.63) is 29.3 Å². The smallest absolute Gasteiger partial charge is 0.0369 e. The highest BCUT2D eigenvalue weighted by molar-refractivity contribution is 9.08. The van der Waals surface area contributed by atoms with E-state index in [9.17, 15) is 0 Å². The fraction of sp³-hybridized carbons (Fsp3) is 0.625. The minimum atomic E-state index is 0.513. The fourth-order valence-electron chi connectivity index (χ4n) is 2.71. The third-order valence-electron chi connectivity index (χ3n) is 4.18. The summed E-state index contributed by atoms with van der Waals surface area (Å²) in [4.78, 5) is 2.56. The molecule has 0 radical (unpaired) electrons. The van der Waals surface area contributed by atoms with Crippen LogP contribution in [0.4, 0.5) is 5.69 Å². The summed E-state index contributed by atoms with van der Waals surface area (Å²) in [6.45, 7) is 9.41. The summed E-state index contributed by atoms with van der Waals surface area (Å²) in [5, 5.41) is 0.951. The van der Waals surface area contributed by atoms with Gasteiger partial charge in [-0.3, -0.25) is 0 Å². The first-order chi connectivity index (χ1) is 8.52. The molecule has 0 N–H and O–H groups in total. The van der Waals surface area contributed by atoms with Crippen LogP contribution in [0.3, 0.4) is 0 Å². The minimum absolute atomic E-state index is 0.513. The molecule has 2 rings (SSSR count). The Hall–Kier alpha value is -0.500. The van der Waals surface area contributed by atoms with Crippen LogP contribution in [0.5, 0.6) is 0 Å². The first-order valence-corrected chi connectivity index (χ1v) is 8.04. The second-order valence-electron chi connectivity index (χ2n) is 6.25. The van der Waals surface area contributed by atoms with E-state index in [4.69, 9.17) is 0 Å². The van der Waals surface area contributed by atoms with Gasteiger partial charge in [0.05, 0.1) is 0 Å². The van der Waals surface area contributed by atoms with Crippen LogP contribution in [0.25, 0.3) is 0 Å². The van der Waals surface area contributed by atoms with Crippen LogP contribution in [-0.2, 0) is 5.33 Å². The summed E-state index contributed by atoms with van der Waals surface area (Å²) >= 11 is 3.54. The van der Waals surface area contributed by atoms with E-state index in [1.54, 1.807) is 0 Å². The van der Waals surface area contributed by atoms with Gasteiger partial charge in [0.15, 0.2) is 0 Å². The SMILES string of the molecule is Cc1cc(N2CCCC(C)(C)CC2)ccc1CBr. The Balaban J connectivity index is 2.14. The van der Waals surface area contributed by atoms with Crippen LogP contribution in [0.2, 0.25) is 0 Å². The van der Waals surface area contributed by atoms with Crippen molar-refractivity contribution < 1.29 is 0 Å². The number of aryl methyl sites for hydroxylation is 1. The van der Waals surface area contributed by atoms with Crippen LogP contribution >= 0.6 is 15.9 Å². The lowest BCUT2D eigenvalue weighted by molar-refractivity contribution is 0.325. The minimum Gasteiger partial charge on any atom is -0.372 e. The Morgan fingerprint density at radius 3 is 2.67 bits per heavy atom. The van der Waals surface area contributed by atoms with Crippen LogP contribution in [0.15, 0.2) is 18.2 Å². The van der Waals surface area contributed by atoms with Crippen molar-refractivity contribution in [3.8, 4) is 0 Å². The first kappa shape index (κ1) is 13.9. The topological polar surface area (TPSA) is 3.24 Å². The molecule has 0 aromatic heterocycles. The van der Waals surface area contributed by atoms with E-state index in [-0.39, 0.29) is 0 Å². The zero-order valence-electron chi connectivity index (χ0n) is 11.8. The van der Waals surface area contributed by atoms with Crippen molar-refractivity contribution in [2.24, 2.45) is 5.41 Å². The van der Waals surface area contributed by atoms with Crippen LogP contribution in [0, 0.1) is 12.3 Å². The normalized spacial score (nSPS) is 19.7. The number of alkyl halides is 1. The van der Waals surface area contributed by atoms with Gasteiger partial charge in [0.2, 0.25) is 0 Å². The van der Waals surface area contributed by atoms with E-state index < -0.39 is 0 Å². The summed E-state index contributed by atoms with van der Waals surface area (Å²) in [6.07, 6.45) is 3.96. The monoisotopic (exact) mass is 309 g/mol. The number of anilines is 1. The van der Waals surface area contributed by atoms with Crippen molar-refractivity contribution in [1.82, 2.24) is 0 Å². The average Bonchev–Trinajstić information content (AvgIpc) is 2.50. The van der Waals surface area contributed by atoms with E-state index in [1.807, 2.05) is 0 Å². The predicted molar refractivity (Wildman–Crippen MR) is 83.7 cm³/mol. The highest BCUT2D eigenvalue weighted by Crippen LogP contribution is 2.32. The molecule has 1 heterocycles. The average molecular weight is 310 g/mol. The third-order valence-corrected chi connectivity index (χ3v) is 4.78. The molecule has 1 saturated heterocycles. The van der Waals surface area contributed by atoms with E-state index >= 15 is 0 Å². The Morgan fingerprint density at radius 2 is 2.00 bits per heavy atom. The molecule has 0 saturated carbocycles. The number of hydrogen-bond donors (Lipinski definition) is 0. The fourth-order valence-corrected chi connectivity index (χ4v) is 3.34. The van der Waals surface area contributed by atoms with Crippen molar-refractivity contribution in [2.45, 2.75) is 45.4 Å². The maximum atomic E-state index is 3.54. The van der Waals surface area contributed by atoms with Gasteiger partial charge in [0, 0.05) is 24.1 Å². The molecule has 2 heteroatoms. The van der Waals surface area contributed by atoms with Crippen molar-refractivity contribution in [3.63, 3.8) is 0 Å². The van der Waals surface area contributed by atoms with Crippen LogP contribution < -0.4 is 4.90 Å². The highest BCUT2D eigenvalue weighted by Gasteiger charge is 2.23. The van der Waals surface area contributed by atoms with Gasteiger partial charge < -0.3 is 4.90 Å².